The molecule has 1 aliphatic rings. The molecule has 2 heterocycles. The van der Waals surface area contributed by atoms with Gasteiger partial charge >= 0.3 is 0 Å². The summed E-state index contributed by atoms with van der Waals surface area (Å²) in [6, 6.07) is 17.0. The van der Waals surface area contributed by atoms with E-state index < -0.39 is 0 Å². The van der Waals surface area contributed by atoms with Gasteiger partial charge in [0.05, 0.1) is 11.0 Å². The molecule has 1 unspecified atom stereocenters. The Morgan fingerprint density at radius 2 is 1.95 bits per heavy atom. The van der Waals surface area contributed by atoms with Crippen LogP contribution in [0.15, 0.2) is 48.5 Å². The number of aromatic nitrogens is 2. The van der Waals surface area contributed by atoms with E-state index in [0.717, 1.165) is 24.9 Å². The summed E-state index contributed by atoms with van der Waals surface area (Å²) in [4.78, 5) is 4.80. The summed E-state index contributed by atoms with van der Waals surface area (Å²) in [5.41, 5.74) is 5.03. The average molecular weight is 277 g/mol. The lowest BCUT2D eigenvalue weighted by Gasteiger charge is -2.25. The third-order valence-corrected chi connectivity index (χ3v) is 4.46. The van der Waals surface area contributed by atoms with Crippen LogP contribution in [0.1, 0.15) is 11.4 Å². The Hall–Kier alpha value is -2.29. The van der Waals surface area contributed by atoms with Crippen LogP contribution in [-0.4, -0.2) is 16.1 Å². The number of aryl methyl sites for hydroxylation is 1. The van der Waals surface area contributed by atoms with E-state index in [1.165, 1.54) is 22.6 Å². The number of nitrogens with one attached hydrogen (secondary N) is 1. The molecule has 3 heteroatoms. The number of rotatable bonds is 2. The maximum absolute atomic E-state index is 4.80. The smallest absolute Gasteiger partial charge is 0.109 e. The number of para-hydroxylation sites is 3. The van der Waals surface area contributed by atoms with Crippen LogP contribution in [0.2, 0.25) is 0 Å². The highest BCUT2D eigenvalue weighted by Gasteiger charge is 2.20. The van der Waals surface area contributed by atoms with Crippen LogP contribution >= 0.6 is 0 Å². The van der Waals surface area contributed by atoms with E-state index in [2.05, 4.69) is 65.5 Å². The summed E-state index contributed by atoms with van der Waals surface area (Å²) < 4.78 is 2.23. The molecule has 0 fully saturated rings. The molecule has 1 aromatic heterocycles. The van der Waals surface area contributed by atoms with Crippen LogP contribution in [0.25, 0.3) is 11.0 Å². The summed E-state index contributed by atoms with van der Waals surface area (Å²) in [7, 11) is 2.12. The molecule has 0 aliphatic carbocycles. The van der Waals surface area contributed by atoms with E-state index in [1.54, 1.807) is 0 Å². The zero-order chi connectivity index (χ0) is 14.2. The molecule has 0 amide bonds. The quantitative estimate of drug-likeness (QED) is 0.778. The molecule has 1 aliphatic heterocycles. The molecule has 3 aromatic rings. The van der Waals surface area contributed by atoms with Crippen molar-refractivity contribution < 1.29 is 0 Å². The van der Waals surface area contributed by atoms with E-state index in [1.807, 2.05) is 0 Å². The Bertz CT molecular complexity index is 788. The van der Waals surface area contributed by atoms with E-state index in [4.69, 9.17) is 4.98 Å². The Morgan fingerprint density at radius 1 is 1.14 bits per heavy atom. The van der Waals surface area contributed by atoms with Gasteiger partial charge in [-0.1, -0.05) is 30.3 Å². The fourth-order valence-corrected chi connectivity index (χ4v) is 3.29. The summed E-state index contributed by atoms with van der Waals surface area (Å²) in [6.07, 6.45) is 2.15. The fourth-order valence-electron chi connectivity index (χ4n) is 3.29. The molecule has 4 rings (SSSR count). The normalized spacial score (nSPS) is 17.5. The SMILES string of the molecule is Cn1c(CC2CNc3ccccc3C2)nc2ccccc21. The van der Waals surface area contributed by atoms with E-state index in [-0.39, 0.29) is 0 Å². The largest absolute Gasteiger partial charge is 0.385 e. The van der Waals surface area contributed by atoms with Crippen molar-refractivity contribution in [2.45, 2.75) is 12.8 Å². The van der Waals surface area contributed by atoms with Crippen LogP contribution in [0.5, 0.6) is 0 Å². The van der Waals surface area contributed by atoms with Gasteiger partial charge in [-0.15, -0.1) is 0 Å². The van der Waals surface area contributed by atoms with Crippen molar-refractivity contribution >= 4 is 16.7 Å². The van der Waals surface area contributed by atoms with Gasteiger partial charge in [-0.05, 0) is 36.1 Å². The molecule has 0 bridgehead atoms. The van der Waals surface area contributed by atoms with Crippen molar-refractivity contribution in [1.82, 2.24) is 9.55 Å². The molecular weight excluding hydrogens is 258 g/mol. The van der Waals surface area contributed by atoms with Crippen molar-refractivity contribution in [2.24, 2.45) is 13.0 Å². The van der Waals surface area contributed by atoms with Crippen molar-refractivity contribution in [3.63, 3.8) is 0 Å². The number of anilines is 1. The molecule has 3 nitrogen and oxygen atoms in total. The second-order valence-electron chi connectivity index (χ2n) is 5.89. The van der Waals surface area contributed by atoms with Crippen LogP contribution in [-0.2, 0) is 19.9 Å². The van der Waals surface area contributed by atoms with Crippen molar-refractivity contribution in [2.75, 3.05) is 11.9 Å². The lowest BCUT2D eigenvalue weighted by atomic mass is 9.91. The number of hydrogen-bond acceptors (Lipinski definition) is 2. The third kappa shape index (κ3) is 2.19. The van der Waals surface area contributed by atoms with Gasteiger partial charge in [-0.3, -0.25) is 0 Å². The first-order chi connectivity index (χ1) is 10.3. The average Bonchev–Trinajstić information content (AvgIpc) is 2.84. The number of imidazole rings is 1. The molecule has 1 N–H and O–H groups in total. The summed E-state index contributed by atoms with van der Waals surface area (Å²) in [5, 5.41) is 3.55. The fraction of sp³-hybridized carbons (Fsp3) is 0.278. The monoisotopic (exact) mass is 277 g/mol. The molecule has 21 heavy (non-hydrogen) atoms. The summed E-state index contributed by atoms with van der Waals surface area (Å²) >= 11 is 0. The first kappa shape index (κ1) is 12.5. The number of hydrogen-bond donors (Lipinski definition) is 1. The predicted molar refractivity (Wildman–Crippen MR) is 86.5 cm³/mol. The van der Waals surface area contributed by atoms with E-state index >= 15 is 0 Å². The van der Waals surface area contributed by atoms with Crippen molar-refractivity contribution in [3.05, 3.63) is 59.9 Å². The Morgan fingerprint density at radius 3 is 2.86 bits per heavy atom. The van der Waals surface area contributed by atoms with E-state index in [9.17, 15) is 0 Å². The van der Waals surface area contributed by atoms with Crippen LogP contribution in [0, 0.1) is 5.92 Å². The standard InChI is InChI=1S/C18H19N3/c1-21-17-9-5-4-8-16(17)20-18(21)11-13-10-14-6-2-3-7-15(14)19-12-13/h2-9,13,19H,10-12H2,1H3. The Kier molecular flexibility index (Phi) is 2.92. The molecule has 0 radical (unpaired) electrons. The van der Waals surface area contributed by atoms with Crippen molar-refractivity contribution in [1.29, 1.82) is 0 Å². The summed E-state index contributed by atoms with van der Waals surface area (Å²) in [6.45, 7) is 1.03. The minimum atomic E-state index is 0.607. The van der Waals surface area contributed by atoms with E-state index in [0.29, 0.717) is 5.92 Å². The first-order valence-corrected chi connectivity index (χ1v) is 7.53. The van der Waals surface area contributed by atoms with Crippen LogP contribution in [0.3, 0.4) is 0 Å². The highest BCUT2D eigenvalue weighted by atomic mass is 15.1. The lowest BCUT2D eigenvalue weighted by molar-refractivity contribution is 0.514. The summed E-state index contributed by atoms with van der Waals surface area (Å²) in [5.74, 6) is 1.79. The van der Waals surface area contributed by atoms with Gasteiger partial charge in [0.15, 0.2) is 0 Å². The molecular formula is C18H19N3. The number of fused-ring (bicyclic) bond motifs is 2. The van der Waals surface area contributed by atoms with Crippen molar-refractivity contribution in [3.8, 4) is 0 Å². The van der Waals surface area contributed by atoms with Gasteiger partial charge in [-0.2, -0.15) is 0 Å². The third-order valence-electron chi connectivity index (χ3n) is 4.46. The number of benzene rings is 2. The lowest BCUT2D eigenvalue weighted by Crippen LogP contribution is -2.25. The molecule has 2 aromatic carbocycles. The van der Waals surface area contributed by atoms with Crippen LogP contribution < -0.4 is 5.32 Å². The first-order valence-electron chi connectivity index (χ1n) is 7.53. The number of nitrogens with zero attached hydrogens (tertiary/aromatic N) is 2. The molecule has 0 saturated carbocycles. The van der Waals surface area contributed by atoms with Gasteiger partial charge in [0, 0.05) is 25.7 Å². The maximum Gasteiger partial charge on any atom is 0.109 e. The van der Waals surface area contributed by atoms with Gasteiger partial charge in [0.1, 0.15) is 5.82 Å². The molecule has 0 saturated heterocycles. The second kappa shape index (κ2) is 4.92. The van der Waals surface area contributed by atoms with Crippen LogP contribution in [0.4, 0.5) is 5.69 Å². The van der Waals surface area contributed by atoms with Gasteiger partial charge in [0.2, 0.25) is 0 Å². The molecule has 1 atom stereocenters. The maximum atomic E-state index is 4.80. The van der Waals surface area contributed by atoms with Gasteiger partial charge in [0.25, 0.3) is 0 Å². The zero-order valence-electron chi connectivity index (χ0n) is 12.2. The topological polar surface area (TPSA) is 29.9 Å². The predicted octanol–water partition coefficient (Wildman–Crippen LogP) is 3.40. The van der Waals surface area contributed by atoms with Gasteiger partial charge in [-0.25, -0.2) is 4.98 Å². The van der Waals surface area contributed by atoms with Gasteiger partial charge < -0.3 is 9.88 Å². The highest BCUT2D eigenvalue weighted by Crippen LogP contribution is 2.26. The minimum absolute atomic E-state index is 0.607. The minimum Gasteiger partial charge on any atom is -0.385 e. The Balaban J connectivity index is 1.60. The highest BCUT2D eigenvalue weighted by molar-refractivity contribution is 5.75. The Labute approximate surface area is 124 Å². The molecule has 0 spiro atoms. The zero-order valence-corrected chi connectivity index (χ0v) is 12.2. The second-order valence-corrected chi connectivity index (χ2v) is 5.89. The molecule has 106 valence electrons.